The molecule has 0 aromatic heterocycles. The van der Waals surface area contributed by atoms with Crippen molar-refractivity contribution in [3.05, 3.63) is 95.1 Å². The van der Waals surface area contributed by atoms with Crippen LogP contribution >= 0.6 is 0 Å². The van der Waals surface area contributed by atoms with Gasteiger partial charge in [0.2, 0.25) is 0 Å². The normalized spacial score (nSPS) is 10.7. The molecule has 1 unspecified atom stereocenters. The average molecular weight is 424 g/mol. The van der Waals surface area contributed by atoms with E-state index in [0.717, 1.165) is 31.2 Å². The molecule has 0 saturated carbocycles. The SMILES string of the molecule is CC(CCN)c1ccccc1.CO.Nc1ccc(N)c(Cc2ccc(C(=O)O)cc2)c1. The molecule has 0 heterocycles. The molecule has 0 aliphatic carbocycles. The van der Waals surface area contributed by atoms with Gasteiger partial charge in [0.25, 0.3) is 0 Å². The van der Waals surface area contributed by atoms with Gasteiger partial charge in [0.1, 0.15) is 0 Å². The number of rotatable bonds is 6. The summed E-state index contributed by atoms with van der Waals surface area (Å²) in [6.07, 6.45) is 1.71. The van der Waals surface area contributed by atoms with Crippen LogP contribution in [0, 0.1) is 0 Å². The average Bonchev–Trinajstić information content (AvgIpc) is 2.79. The molecule has 6 nitrogen and oxygen atoms in total. The van der Waals surface area contributed by atoms with E-state index in [1.807, 2.05) is 12.1 Å². The fourth-order valence-electron chi connectivity index (χ4n) is 2.96. The number of benzene rings is 3. The quantitative estimate of drug-likeness (QED) is 0.382. The Kier molecular flexibility index (Phi) is 11.4. The number of hydrogen-bond donors (Lipinski definition) is 5. The Hall–Kier alpha value is -3.35. The van der Waals surface area contributed by atoms with Crippen LogP contribution in [-0.2, 0) is 6.42 Å². The molecular weight excluding hydrogens is 390 g/mol. The monoisotopic (exact) mass is 423 g/mol. The Bertz CT molecular complexity index is 913. The molecule has 166 valence electrons. The van der Waals surface area contributed by atoms with Crippen molar-refractivity contribution in [2.75, 3.05) is 25.1 Å². The number of anilines is 2. The van der Waals surface area contributed by atoms with Gasteiger partial charge in [-0.05, 0) is 72.3 Å². The second-order valence-corrected chi connectivity index (χ2v) is 7.03. The third-order valence-electron chi connectivity index (χ3n) is 4.73. The lowest BCUT2D eigenvalue weighted by atomic mass is 9.98. The van der Waals surface area contributed by atoms with Crippen LogP contribution in [0.3, 0.4) is 0 Å². The third-order valence-corrected chi connectivity index (χ3v) is 4.73. The van der Waals surface area contributed by atoms with Gasteiger partial charge in [-0.25, -0.2) is 4.79 Å². The van der Waals surface area contributed by atoms with Crippen LogP contribution in [0.1, 0.15) is 46.3 Å². The van der Waals surface area contributed by atoms with Crippen molar-refractivity contribution in [2.24, 2.45) is 5.73 Å². The van der Waals surface area contributed by atoms with E-state index < -0.39 is 5.97 Å². The maximum absolute atomic E-state index is 10.7. The van der Waals surface area contributed by atoms with Crippen molar-refractivity contribution < 1.29 is 15.0 Å². The minimum absolute atomic E-state index is 0.277. The molecule has 3 rings (SSSR count). The van der Waals surface area contributed by atoms with Crippen LogP contribution in [0.5, 0.6) is 0 Å². The highest BCUT2D eigenvalue weighted by atomic mass is 16.4. The predicted molar refractivity (Wildman–Crippen MR) is 128 cm³/mol. The minimum Gasteiger partial charge on any atom is -0.478 e. The van der Waals surface area contributed by atoms with E-state index in [4.69, 9.17) is 27.4 Å². The Labute approximate surface area is 184 Å². The summed E-state index contributed by atoms with van der Waals surface area (Å²) >= 11 is 0. The van der Waals surface area contributed by atoms with Gasteiger partial charge >= 0.3 is 5.97 Å². The van der Waals surface area contributed by atoms with E-state index in [1.165, 1.54) is 5.56 Å². The Morgan fingerprint density at radius 2 is 1.55 bits per heavy atom. The molecule has 31 heavy (non-hydrogen) atoms. The Morgan fingerprint density at radius 3 is 2.10 bits per heavy atom. The van der Waals surface area contributed by atoms with E-state index in [0.29, 0.717) is 23.7 Å². The van der Waals surface area contributed by atoms with Crippen LogP contribution in [0.15, 0.2) is 72.8 Å². The minimum atomic E-state index is -0.926. The van der Waals surface area contributed by atoms with Gasteiger partial charge in [0.15, 0.2) is 0 Å². The van der Waals surface area contributed by atoms with Gasteiger partial charge in [0.05, 0.1) is 5.56 Å². The van der Waals surface area contributed by atoms with E-state index in [9.17, 15) is 4.79 Å². The number of hydrogen-bond acceptors (Lipinski definition) is 5. The lowest BCUT2D eigenvalue weighted by molar-refractivity contribution is 0.0697. The first-order valence-corrected chi connectivity index (χ1v) is 10.1. The maximum Gasteiger partial charge on any atom is 0.335 e. The van der Waals surface area contributed by atoms with Gasteiger partial charge in [0, 0.05) is 18.5 Å². The molecule has 0 fully saturated rings. The number of nitrogen functional groups attached to an aromatic ring is 2. The Morgan fingerprint density at radius 1 is 0.935 bits per heavy atom. The highest BCUT2D eigenvalue weighted by Gasteiger charge is 2.05. The Balaban J connectivity index is 0.000000317. The van der Waals surface area contributed by atoms with Gasteiger partial charge in [-0.15, -0.1) is 0 Å². The van der Waals surface area contributed by atoms with Crippen LogP contribution in [0.4, 0.5) is 11.4 Å². The zero-order chi connectivity index (χ0) is 23.2. The lowest BCUT2D eigenvalue weighted by Crippen LogP contribution is -2.04. The first kappa shape index (κ1) is 25.7. The molecule has 0 amide bonds. The molecule has 0 spiro atoms. The number of aliphatic hydroxyl groups is 1. The van der Waals surface area contributed by atoms with E-state index >= 15 is 0 Å². The van der Waals surface area contributed by atoms with Crippen LogP contribution in [-0.4, -0.2) is 29.8 Å². The van der Waals surface area contributed by atoms with Gasteiger partial charge in [-0.2, -0.15) is 0 Å². The summed E-state index contributed by atoms with van der Waals surface area (Å²) in [6.45, 7) is 2.98. The first-order valence-electron chi connectivity index (χ1n) is 10.1. The highest BCUT2D eigenvalue weighted by molar-refractivity contribution is 5.87. The zero-order valence-electron chi connectivity index (χ0n) is 18.2. The first-order chi connectivity index (χ1) is 14.9. The maximum atomic E-state index is 10.7. The van der Waals surface area contributed by atoms with Gasteiger partial charge in [-0.3, -0.25) is 0 Å². The van der Waals surface area contributed by atoms with Crippen molar-refractivity contribution >= 4 is 17.3 Å². The topological polar surface area (TPSA) is 136 Å². The molecule has 0 radical (unpaired) electrons. The summed E-state index contributed by atoms with van der Waals surface area (Å²) in [5.41, 5.74) is 22.0. The lowest BCUT2D eigenvalue weighted by Gasteiger charge is -2.08. The van der Waals surface area contributed by atoms with Crippen LogP contribution < -0.4 is 17.2 Å². The van der Waals surface area contributed by atoms with E-state index in [-0.39, 0.29) is 5.56 Å². The summed E-state index contributed by atoms with van der Waals surface area (Å²) in [5.74, 6) is -0.328. The summed E-state index contributed by atoms with van der Waals surface area (Å²) in [7, 11) is 1.00. The van der Waals surface area contributed by atoms with Gasteiger partial charge < -0.3 is 27.4 Å². The largest absolute Gasteiger partial charge is 0.478 e. The third kappa shape index (κ3) is 8.90. The van der Waals surface area contributed by atoms with Crippen LogP contribution in [0.2, 0.25) is 0 Å². The summed E-state index contributed by atoms with van der Waals surface area (Å²) in [4.78, 5) is 10.7. The summed E-state index contributed by atoms with van der Waals surface area (Å²) in [5, 5.41) is 15.8. The predicted octanol–water partition coefficient (Wildman–Crippen LogP) is 3.89. The van der Waals surface area contributed by atoms with Gasteiger partial charge in [-0.1, -0.05) is 49.4 Å². The molecule has 0 saturated heterocycles. The molecule has 0 aliphatic rings. The molecule has 3 aromatic carbocycles. The standard InChI is InChI=1S/C14H14N2O2.C10H15N.CH4O/c15-12-5-6-13(16)11(8-12)7-9-1-3-10(4-2-9)14(17)18;1-9(7-8-11)10-5-3-2-4-6-10;1-2/h1-6,8H,7,15-16H2,(H,17,18);2-6,9H,7-8,11H2,1H3;2H,1H3. The number of carboxylic acids is 1. The molecule has 1 atom stereocenters. The smallest absolute Gasteiger partial charge is 0.335 e. The molecule has 0 aliphatic heterocycles. The fraction of sp³-hybridized carbons (Fsp3) is 0.240. The van der Waals surface area contributed by atoms with E-state index in [2.05, 4.69) is 31.2 Å². The van der Waals surface area contributed by atoms with Crippen molar-refractivity contribution in [3.8, 4) is 0 Å². The number of aliphatic hydroxyl groups excluding tert-OH is 1. The second-order valence-electron chi connectivity index (χ2n) is 7.03. The molecule has 6 heteroatoms. The molecular formula is C25H33N3O3. The summed E-state index contributed by atoms with van der Waals surface area (Å²) in [6, 6.07) is 22.6. The number of nitrogens with two attached hydrogens (primary N) is 3. The number of carboxylic acid groups (broad SMARTS) is 1. The van der Waals surface area contributed by atoms with Crippen molar-refractivity contribution in [3.63, 3.8) is 0 Å². The molecule has 8 N–H and O–H groups in total. The van der Waals surface area contributed by atoms with Crippen molar-refractivity contribution in [1.82, 2.24) is 0 Å². The summed E-state index contributed by atoms with van der Waals surface area (Å²) < 4.78 is 0. The fourth-order valence-corrected chi connectivity index (χ4v) is 2.96. The number of aromatic carboxylic acids is 1. The van der Waals surface area contributed by atoms with Crippen molar-refractivity contribution in [1.29, 1.82) is 0 Å². The second kappa shape index (κ2) is 13.8. The van der Waals surface area contributed by atoms with Crippen LogP contribution in [0.25, 0.3) is 0 Å². The molecule has 3 aromatic rings. The number of carbonyl (C=O) groups is 1. The highest BCUT2D eigenvalue weighted by Crippen LogP contribution is 2.20. The van der Waals surface area contributed by atoms with E-state index in [1.54, 1.807) is 36.4 Å². The molecule has 0 bridgehead atoms. The zero-order valence-corrected chi connectivity index (χ0v) is 18.2. The van der Waals surface area contributed by atoms with Crippen molar-refractivity contribution in [2.45, 2.75) is 25.7 Å².